The molecule has 1 aromatic carbocycles. The molecule has 146 valence electrons. The predicted octanol–water partition coefficient (Wildman–Crippen LogP) is 1.65. The van der Waals surface area contributed by atoms with Gasteiger partial charge in [0.15, 0.2) is 9.84 Å². The van der Waals surface area contributed by atoms with E-state index in [0.29, 0.717) is 23.3 Å². The van der Waals surface area contributed by atoms with Crippen LogP contribution < -0.4 is 15.7 Å². The Balaban J connectivity index is 1.77. The van der Waals surface area contributed by atoms with Gasteiger partial charge in [-0.2, -0.15) is 0 Å². The average Bonchev–Trinajstić information content (AvgIpc) is 2.94. The van der Waals surface area contributed by atoms with Gasteiger partial charge in [0.25, 0.3) is 0 Å². The molecule has 7 nitrogen and oxygen atoms in total. The average molecular weight is 393 g/mol. The van der Waals surface area contributed by atoms with Gasteiger partial charge in [-0.05, 0) is 44.4 Å². The molecule has 1 saturated heterocycles. The van der Waals surface area contributed by atoms with Crippen molar-refractivity contribution in [2.24, 2.45) is 0 Å². The Morgan fingerprint density at radius 1 is 1.30 bits per heavy atom. The summed E-state index contributed by atoms with van der Waals surface area (Å²) < 4.78 is 33.7. The molecular weight excluding hydrogens is 370 g/mol. The Bertz CT molecular complexity index is 1050. The van der Waals surface area contributed by atoms with Crippen molar-refractivity contribution in [1.29, 1.82) is 0 Å². The van der Waals surface area contributed by atoms with Crippen LogP contribution >= 0.6 is 0 Å². The van der Waals surface area contributed by atoms with Crippen molar-refractivity contribution in [2.45, 2.75) is 39.2 Å². The number of hydrogen-bond donors (Lipinski definition) is 1. The minimum atomic E-state index is -3.05. The van der Waals surface area contributed by atoms with Crippen LogP contribution in [0.5, 0.6) is 5.75 Å². The first-order valence-electron chi connectivity index (χ1n) is 8.81. The van der Waals surface area contributed by atoms with E-state index < -0.39 is 15.5 Å². The van der Waals surface area contributed by atoms with Gasteiger partial charge in [0.05, 0.1) is 18.6 Å². The van der Waals surface area contributed by atoms with Crippen molar-refractivity contribution in [3.05, 3.63) is 39.2 Å². The fraction of sp³-hybridized carbons (Fsp3) is 0.474. The number of rotatable bonds is 5. The van der Waals surface area contributed by atoms with Gasteiger partial charge in [-0.3, -0.25) is 4.79 Å². The number of ether oxygens (including phenoxy) is 1. The van der Waals surface area contributed by atoms with E-state index in [1.807, 2.05) is 26.0 Å². The smallest absolute Gasteiger partial charge is 0.339 e. The van der Waals surface area contributed by atoms with Crippen molar-refractivity contribution in [3.8, 4) is 5.75 Å². The molecule has 1 amide bonds. The highest BCUT2D eigenvalue weighted by atomic mass is 32.2. The maximum absolute atomic E-state index is 12.4. The lowest BCUT2D eigenvalue weighted by atomic mass is 10.00. The largest absolute Gasteiger partial charge is 0.496 e. The molecule has 3 rings (SSSR count). The SMILES string of the molecule is COc1ccc2c(C)c(CCC(=O)N[C@@H]3CCS(=O)(=O)C3)c(=O)oc2c1C. The summed E-state index contributed by atoms with van der Waals surface area (Å²) >= 11 is 0. The number of amides is 1. The molecule has 1 aliphatic rings. The van der Waals surface area contributed by atoms with E-state index in [0.717, 1.165) is 16.5 Å². The number of carbonyl (C=O) groups is 1. The molecule has 1 aromatic heterocycles. The van der Waals surface area contributed by atoms with Gasteiger partial charge < -0.3 is 14.5 Å². The molecule has 27 heavy (non-hydrogen) atoms. The lowest BCUT2D eigenvalue weighted by Crippen LogP contribution is -2.35. The number of hydrogen-bond acceptors (Lipinski definition) is 6. The van der Waals surface area contributed by atoms with E-state index in [1.165, 1.54) is 0 Å². The predicted molar refractivity (Wildman–Crippen MR) is 102 cm³/mol. The number of aryl methyl sites for hydroxylation is 2. The molecule has 0 aliphatic carbocycles. The first kappa shape index (κ1) is 19.4. The van der Waals surface area contributed by atoms with E-state index in [9.17, 15) is 18.0 Å². The molecule has 0 unspecified atom stereocenters. The standard InChI is InChI=1S/C19H23NO6S/c1-11-14-4-6-16(25-3)12(2)18(14)26-19(22)15(11)5-7-17(21)20-13-8-9-27(23,24)10-13/h4,6,13H,5,7-10H2,1-3H3,(H,20,21)/t13-/m1/s1. The van der Waals surface area contributed by atoms with Crippen molar-refractivity contribution in [3.63, 3.8) is 0 Å². The van der Waals surface area contributed by atoms with Gasteiger partial charge in [0.2, 0.25) is 5.91 Å². The second-order valence-corrected chi connectivity index (χ2v) is 9.16. The molecule has 2 heterocycles. The van der Waals surface area contributed by atoms with Crippen LogP contribution in [0.25, 0.3) is 11.0 Å². The first-order valence-corrected chi connectivity index (χ1v) is 10.6. The van der Waals surface area contributed by atoms with E-state index in [2.05, 4.69) is 5.32 Å². The Labute approximate surface area is 157 Å². The molecular formula is C19H23NO6S. The lowest BCUT2D eigenvalue weighted by Gasteiger charge is -2.13. The maximum atomic E-state index is 12.4. The summed E-state index contributed by atoms with van der Waals surface area (Å²) in [6.45, 7) is 3.66. The minimum absolute atomic E-state index is 0.0169. The molecule has 0 radical (unpaired) electrons. The summed E-state index contributed by atoms with van der Waals surface area (Å²) in [4.78, 5) is 24.6. The van der Waals surface area contributed by atoms with Crippen LogP contribution in [0, 0.1) is 13.8 Å². The normalized spacial score (nSPS) is 18.6. The highest BCUT2D eigenvalue weighted by Gasteiger charge is 2.28. The number of methoxy groups -OCH3 is 1. The Morgan fingerprint density at radius 2 is 2.04 bits per heavy atom. The second-order valence-electron chi connectivity index (χ2n) is 6.93. The zero-order valence-corrected chi connectivity index (χ0v) is 16.4. The summed E-state index contributed by atoms with van der Waals surface area (Å²) in [5.41, 5.74) is 2.01. The first-order chi connectivity index (χ1) is 12.7. The zero-order chi connectivity index (χ0) is 19.8. The molecule has 1 N–H and O–H groups in total. The number of sulfone groups is 1. The highest BCUT2D eigenvalue weighted by molar-refractivity contribution is 7.91. The summed E-state index contributed by atoms with van der Waals surface area (Å²) in [7, 11) is -1.49. The van der Waals surface area contributed by atoms with Gasteiger partial charge in [-0.1, -0.05) is 0 Å². The molecule has 1 atom stereocenters. The Hall–Kier alpha value is -2.35. The van der Waals surface area contributed by atoms with Crippen LogP contribution in [0.4, 0.5) is 0 Å². The van der Waals surface area contributed by atoms with Gasteiger partial charge in [0.1, 0.15) is 11.3 Å². The third-order valence-electron chi connectivity index (χ3n) is 5.07. The van der Waals surface area contributed by atoms with E-state index in [-0.39, 0.29) is 36.3 Å². The third-order valence-corrected chi connectivity index (χ3v) is 6.84. The van der Waals surface area contributed by atoms with Gasteiger partial charge in [-0.15, -0.1) is 0 Å². The van der Waals surface area contributed by atoms with Crippen molar-refractivity contribution >= 4 is 26.7 Å². The monoisotopic (exact) mass is 393 g/mol. The summed E-state index contributed by atoms with van der Waals surface area (Å²) in [5, 5.41) is 3.55. The van der Waals surface area contributed by atoms with E-state index in [1.54, 1.807) is 7.11 Å². The van der Waals surface area contributed by atoms with Gasteiger partial charge in [0, 0.05) is 29.0 Å². The van der Waals surface area contributed by atoms with E-state index >= 15 is 0 Å². The van der Waals surface area contributed by atoms with Crippen molar-refractivity contribution < 1.29 is 22.4 Å². The number of benzene rings is 1. The Morgan fingerprint density at radius 3 is 2.67 bits per heavy atom. The topological polar surface area (TPSA) is 103 Å². The molecule has 1 aliphatic heterocycles. The van der Waals surface area contributed by atoms with Crippen LogP contribution in [0.3, 0.4) is 0 Å². The summed E-state index contributed by atoms with van der Waals surface area (Å²) in [6, 6.07) is 3.32. The van der Waals surface area contributed by atoms with Crippen LogP contribution in [0.15, 0.2) is 21.3 Å². The maximum Gasteiger partial charge on any atom is 0.339 e. The fourth-order valence-corrected chi connectivity index (χ4v) is 5.20. The number of carbonyl (C=O) groups excluding carboxylic acids is 1. The van der Waals surface area contributed by atoms with Gasteiger partial charge in [-0.25, -0.2) is 13.2 Å². The number of nitrogens with one attached hydrogen (secondary N) is 1. The third kappa shape index (κ3) is 4.00. The molecule has 8 heteroatoms. The van der Waals surface area contributed by atoms with Crippen molar-refractivity contribution in [1.82, 2.24) is 5.32 Å². The summed E-state index contributed by atoms with van der Waals surface area (Å²) in [6.07, 6.45) is 0.773. The van der Waals surface area contributed by atoms with Crippen LogP contribution in [-0.2, 0) is 21.1 Å². The number of fused-ring (bicyclic) bond motifs is 1. The van der Waals surface area contributed by atoms with Crippen LogP contribution in [-0.4, -0.2) is 39.0 Å². The highest BCUT2D eigenvalue weighted by Crippen LogP contribution is 2.29. The van der Waals surface area contributed by atoms with Crippen molar-refractivity contribution in [2.75, 3.05) is 18.6 Å². The fourth-order valence-electron chi connectivity index (χ4n) is 3.53. The molecule has 1 fully saturated rings. The summed E-state index contributed by atoms with van der Waals surface area (Å²) in [5.74, 6) is 0.469. The van der Waals surface area contributed by atoms with Crippen LogP contribution in [0.1, 0.15) is 29.5 Å². The molecule has 0 spiro atoms. The quantitative estimate of drug-likeness (QED) is 0.775. The lowest BCUT2D eigenvalue weighted by molar-refractivity contribution is -0.121. The molecule has 0 bridgehead atoms. The van der Waals surface area contributed by atoms with Gasteiger partial charge >= 0.3 is 5.63 Å². The van der Waals surface area contributed by atoms with E-state index in [4.69, 9.17) is 9.15 Å². The molecule has 0 saturated carbocycles. The Kier molecular flexibility index (Phi) is 5.28. The molecule has 2 aromatic rings. The second kappa shape index (κ2) is 7.34. The minimum Gasteiger partial charge on any atom is -0.496 e. The van der Waals surface area contributed by atoms with Crippen LogP contribution in [0.2, 0.25) is 0 Å². The zero-order valence-electron chi connectivity index (χ0n) is 15.6.